The standard InChI is InChI=1S/C33H40N6O3/c1-20(37(2)3)21-8-10-27-22(14-21)6-7-23-15-24(31(41)38(4)5)9-11-28(23)33(27,32(35)42)12-13-36-19-30(40)39-26(18-34)16-25-17-29(25)39/h8-11,14-15,25-26,29,36H,1,6-7,12-13,16-17,19H2,2-5H3,(H2,35,42)/t25-,26?,29+,33?/m1/s1. The lowest BCUT2D eigenvalue weighted by atomic mass is 9.69. The number of rotatable bonds is 9. The van der Waals surface area contributed by atoms with E-state index in [0.29, 0.717) is 37.3 Å². The Labute approximate surface area is 247 Å². The SMILES string of the molecule is C=C(c1ccc2c(c1)CCc1cc(C(=O)N(C)C)ccc1C2(CCNCC(=O)N1C(C#N)C[C@@H]2C[C@@H]21)C(N)=O)N(C)C. The molecular weight excluding hydrogens is 528 g/mol. The molecule has 1 heterocycles. The maximum Gasteiger partial charge on any atom is 0.253 e. The molecule has 2 aromatic carbocycles. The number of nitrogens with zero attached hydrogens (tertiary/aromatic N) is 4. The number of nitriles is 1. The Morgan fingerprint density at radius 3 is 2.21 bits per heavy atom. The number of likely N-dealkylation sites (tertiary alicyclic amines) is 1. The van der Waals surface area contributed by atoms with Crippen molar-refractivity contribution in [1.82, 2.24) is 20.0 Å². The predicted octanol–water partition coefficient (Wildman–Crippen LogP) is 2.28. The molecule has 2 aliphatic carbocycles. The van der Waals surface area contributed by atoms with Crippen LogP contribution in [0.25, 0.3) is 5.70 Å². The normalized spacial score (nSPS) is 23.5. The zero-order valence-corrected chi connectivity index (χ0v) is 24.9. The molecule has 1 aliphatic heterocycles. The number of hydrogen-bond acceptors (Lipinski definition) is 6. The lowest BCUT2D eigenvalue weighted by molar-refractivity contribution is -0.131. The summed E-state index contributed by atoms with van der Waals surface area (Å²) in [6.07, 6.45) is 3.38. The molecule has 1 saturated heterocycles. The van der Waals surface area contributed by atoms with E-state index in [9.17, 15) is 19.6 Å². The van der Waals surface area contributed by atoms with E-state index in [1.807, 2.05) is 43.3 Å². The summed E-state index contributed by atoms with van der Waals surface area (Å²) in [6.45, 7) is 4.66. The minimum absolute atomic E-state index is 0.0833. The van der Waals surface area contributed by atoms with Crippen molar-refractivity contribution in [2.75, 3.05) is 41.3 Å². The van der Waals surface area contributed by atoms with Crippen molar-refractivity contribution in [3.63, 3.8) is 0 Å². The second kappa shape index (κ2) is 11.3. The van der Waals surface area contributed by atoms with E-state index in [4.69, 9.17) is 5.73 Å². The first kappa shape index (κ1) is 29.3. The van der Waals surface area contributed by atoms with E-state index in [-0.39, 0.29) is 30.4 Å². The third kappa shape index (κ3) is 5.05. The molecule has 3 aliphatic rings. The molecule has 2 aromatic rings. The van der Waals surface area contributed by atoms with Crippen LogP contribution >= 0.6 is 0 Å². The third-order valence-electron chi connectivity index (χ3n) is 9.23. The quantitative estimate of drug-likeness (QED) is 0.448. The summed E-state index contributed by atoms with van der Waals surface area (Å²) in [5.74, 6) is -0.214. The third-order valence-corrected chi connectivity index (χ3v) is 9.23. The van der Waals surface area contributed by atoms with Gasteiger partial charge in [0.15, 0.2) is 0 Å². The van der Waals surface area contributed by atoms with Gasteiger partial charge in [0, 0.05) is 45.5 Å². The fraction of sp³-hybridized carbons (Fsp3) is 0.455. The van der Waals surface area contributed by atoms with Crippen molar-refractivity contribution in [2.45, 2.75) is 49.6 Å². The maximum atomic E-state index is 13.7. The Morgan fingerprint density at radius 1 is 1.02 bits per heavy atom. The van der Waals surface area contributed by atoms with Crippen molar-refractivity contribution in [1.29, 1.82) is 5.26 Å². The molecule has 42 heavy (non-hydrogen) atoms. The lowest BCUT2D eigenvalue weighted by Gasteiger charge is -2.34. The number of piperidine rings is 1. The molecule has 2 fully saturated rings. The van der Waals surface area contributed by atoms with Crippen LogP contribution in [0.5, 0.6) is 0 Å². The van der Waals surface area contributed by atoms with Crippen LogP contribution in [0.2, 0.25) is 0 Å². The number of primary amides is 1. The zero-order chi connectivity index (χ0) is 30.3. The highest BCUT2D eigenvalue weighted by Crippen LogP contribution is 2.47. The molecule has 0 aromatic heterocycles. The number of fused-ring (bicyclic) bond motifs is 3. The Kier molecular flexibility index (Phi) is 7.86. The van der Waals surface area contributed by atoms with Crippen LogP contribution < -0.4 is 11.1 Å². The van der Waals surface area contributed by atoms with Gasteiger partial charge in [-0.15, -0.1) is 0 Å². The first-order valence-electron chi connectivity index (χ1n) is 14.6. The highest BCUT2D eigenvalue weighted by molar-refractivity contribution is 5.96. The molecule has 3 N–H and O–H groups in total. The highest BCUT2D eigenvalue weighted by atomic mass is 16.2. The Morgan fingerprint density at radius 2 is 1.64 bits per heavy atom. The zero-order valence-electron chi connectivity index (χ0n) is 24.9. The summed E-state index contributed by atoms with van der Waals surface area (Å²) in [7, 11) is 7.32. The van der Waals surface area contributed by atoms with Gasteiger partial charge < -0.3 is 25.8 Å². The monoisotopic (exact) mass is 568 g/mol. The molecular formula is C33H40N6O3. The van der Waals surface area contributed by atoms with Crippen LogP contribution in [0.3, 0.4) is 0 Å². The van der Waals surface area contributed by atoms with Gasteiger partial charge in [0.1, 0.15) is 11.5 Å². The first-order valence-corrected chi connectivity index (χ1v) is 14.6. The Bertz CT molecular complexity index is 1420. The van der Waals surface area contributed by atoms with E-state index in [0.717, 1.165) is 46.4 Å². The number of hydrogen-bond donors (Lipinski definition) is 2. The fourth-order valence-corrected chi connectivity index (χ4v) is 6.83. The second-order valence-electron chi connectivity index (χ2n) is 12.2. The van der Waals surface area contributed by atoms with E-state index in [1.54, 1.807) is 25.1 Å². The second-order valence-corrected chi connectivity index (χ2v) is 12.2. The van der Waals surface area contributed by atoms with E-state index in [2.05, 4.69) is 24.0 Å². The predicted molar refractivity (Wildman–Crippen MR) is 161 cm³/mol. The number of nitrogens with one attached hydrogen (secondary N) is 1. The largest absolute Gasteiger partial charge is 0.378 e. The molecule has 9 nitrogen and oxygen atoms in total. The number of benzene rings is 2. The van der Waals surface area contributed by atoms with Crippen molar-refractivity contribution in [2.24, 2.45) is 11.7 Å². The summed E-state index contributed by atoms with van der Waals surface area (Å²) < 4.78 is 0. The van der Waals surface area contributed by atoms with Crippen LogP contribution in [0.4, 0.5) is 0 Å². The van der Waals surface area contributed by atoms with Crippen molar-refractivity contribution in [3.8, 4) is 6.07 Å². The van der Waals surface area contributed by atoms with Gasteiger partial charge in [-0.05, 0) is 90.6 Å². The van der Waals surface area contributed by atoms with E-state index in [1.165, 1.54) is 4.90 Å². The summed E-state index contributed by atoms with van der Waals surface area (Å²) >= 11 is 0. The van der Waals surface area contributed by atoms with E-state index >= 15 is 0 Å². The van der Waals surface area contributed by atoms with Gasteiger partial charge in [0.25, 0.3) is 5.91 Å². The highest BCUT2D eigenvalue weighted by Gasteiger charge is 2.54. The average Bonchev–Trinajstić information content (AvgIpc) is 3.66. The summed E-state index contributed by atoms with van der Waals surface area (Å²) in [6, 6.07) is 13.7. The lowest BCUT2D eigenvalue weighted by Crippen LogP contribution is -2.47. The molecule has 1 saturated carbocycles. The minimum atomic E-state index is -1.17. The molecule has 2 unspecified atom stereocenters. The average molecular weight is 569 g/mol. The van der Waals surface area contributed by atoms with Gasteiger partial charge in [0.2, 0.25) is 11.8 Å². The molecule has 0 bridgehead atoms. The van der Waals surface area contributed by atoms with Crippen LogP contribution in [0.1, 0.15) is 57.4 Å². The topological polar surface area (TPSA) is 123 Å². The van der Waals surface area contributed by atoms with Gasteiger partial charge in [-0.1, -0.05) is 24.8 Å². The maximum absolute atomic E-state index is 13.7. The first-order chi connectivity index (χ1) is 20.0. The molecule has 0 radical (unpaired) electrons. The van der Waals surface area contributed by atoms with Crippen LogP contribution in [-0.4, -0.2) is 85.8 Å². The number of carbonyl (C=O) groups excluding carboxylic acids is 3. The van der Waals surface area contributed by atoms with Gasteiger partial charge in [-0.25, -0.2) is 0 Å². The van der Waals surface area contributed by atoms with Gasteiger partial charge in [-0.2, -0.15) is 5.26 Å². The van der Waals surface area contributed by atoms with Crippen molar-refractivity contribution >= 4 is 23.4 Å². The van der Waals surface area contributed by atoms with Crippen molar-refractivity contribution < 1.29 is 14.4 Å². The number of nitrogens with two attached hydrogens (primary N) is 1. The van der Waals surface area contributed by atoms with Crippen LogP contribution in [0.15, 0.2) is 43.0 Å². The number of aryl methyl sites for hydroxylation is 2. The summed E-state index contributed by atoms with van der Waals surface area (Å²) in [5.41, 5.74) is 11.1. The molecule has 9 heteroatoms. The fourth-order valence-electron chi connectivity index (χ4n) is 6.83. The van der Waals surface area contributed by atoms with Crippen LogP contribution in [-0.2, 0) is 27.8 Å². The Hall–Kier alpha value is -4.16. The minimum Gasteiger partial charge on any atom is -0.378 e. The smallest absolute Gasteiger partial charge is 0.253 e. The summed E-state index contributed by atoms with van der Waals surface area (Å²) in [5, 5.41) is 12.7. The number of carbonyl (C=O) groups is 3. The van der Waals surface area contributed by atoms with Crippen LogP contribution in [0, 0.1) is 17.2 Å². The van der Waals surface area contributed by atoms with Gasteiger partial charge >= 0.3 is 0 Å². The summed E-state index contributed by atoms with van der Waals surface area (Å²) in [4.78, 5) is 44.8. The molecule has 220 valence electrons. The molecule has 5 rings (SSSR count). The number of amides is 3. The van der Waals surface area contributed by atoms with Crippen molar-refractivity contribution in [3.05, 3.63) is 76.4 Å². The van der Waals surface area contributed by atoms with Gasteiger partial charge in [0.05, 0.1) is 12.6 Å². The molecule has 0 spiro atoms. The molecule has 4 atom stereocenters. The van der Waals surface area contributed by atoms with Gasteiger partial charge in [-0.3, -0.25) is 14.4 Å². The Balaban J connectivity index is 1.49. The molecule has 3 amide bonds. The van der Waals surface area contributed by atoms with E-state index < -0.39 is 11.3 Å².